The average Bonchev–Trinajstić information content (AvgIpc) is 3.21. The molecule has 1 saturated carbocycles. The lowest BCUT2D eigenvalue weighted by Crippen LogP contribution is -2.24. The molecule has 0 spiro atoms. The molecule has 1 N–H and O–H groups in total. The van der Waals surface area contributed by atoms with Crippen molar-refractivity contribution in [3.05, 3.63) is 71.5 Å². The zero-order valence-electron chi connectivity index (χ0n) is 10.9. The first kappa shape index (κ1) is 12.4. The van der Waals surface area contributed by atoms with Crippen LogP contribution < -0.4 is 0 Å². The molecule has 98 valence electrons. The highest BCUT2D eigenvalue weighted by Gasteiger charge is 2.50. The van der Waals surface area contributed by atoms with Crippen LogP contribution >= 0.6 is 0 Å². The van der Waals surface area contributed by atoms with Gasteiger partial charge in [-0.05, 0) is 48.4 Å². The van der Waals surface area contributed by atoms with Crippen LogP contribution in [0.1, 0.15) is 30.4 Å². The van der Waals surface area contributed by atoms with Gasteiger partial charge in [0, 0.05) is 0 Å². The predicted octanol–water partition coefficient (Wildman–Crippen LogP) is 3.84. The molecule has 3 unspecified atom stereocenters. The zero-order valence-corrected chi connectivity index (χ0v) is 10.9. The molecule has 0 aromatic heterocycles. The highest BCUT2D eigenvalue weighted by atomic mass is 19.1. The van der Waals surface area contributed by atoms with E-state index in [1.165, 1.54) is 17.7 Å². The summed E-state index contributed by atoms with van der Waals surface area (Å²) in [6, 6.07) is 16.5. The molecule has 0 radical (unpaired) electrons. The molecule has 3 rings (SSSR count). The second-order valence-electron chi connectivity index (χ2n) is 5.52. The molecule has 1 aliphatic rings. The number of benzene rings is 2. The van der Waals surface area contributed by atoms with Gasteiger partial charge in [-0.3, -0.25) is 0 Å². The fraction of sp³-hybridized carbons (Fsp3) is 0.294. The molecule has 0 saturated heterocycles. The van der Waals surface area contributed by atoms with Gasteiger partial charge < -0.3 is 5.11 Å². The van der Waals surface area contributed by atoms with Gasteiger partial charge in [-0.2, -0.15) is 0 Å². The molecule has 0 aliphatic heterocycles. The fourth-order valence-electron chi connectivity index (χ4n) is 2.90. The first-order chi connectivity index (χ1) is 9.09. The van der Waals surface area contributed by atoms with Crippen LogP contribution in [0.5, 0.6) is 0 Å². The van der Waals surface area contributed by atoms with Gasteiger partial charge >= 0.3 is 0 Å². The number of hydrogen-bond donors (Lipinski definition) is 1. The molecule has 2 heteroatoms. The van der Waals surface area contributed by atoms with Crippen molar-refractivity contribution in [2.45, 2.75) is 24.9 Å². The van der Waals surface area contributed by atoms with Gasteiger partial charge in [0.25, 0.3) is 0 Å². The van der Waals surface area contributed by atoms with Crippen LogP contribution in [0.25, 0.3) is 0 Å². The van der Waals surface area contributed by atoms with E-state index < -0.39 is 5.60 Å². The fourth-order valence-corrected chi connectivity index (χ4v) is 2.90. The largest absolute Gasteiger partial charge is 0.385 e. The van der Waals surface area contributed by atoms with E-state index >= 15 is 0 Å². The zero-order chi connectivity index (χ0) is 13.5. The van der Waals surface area contributed by atoms with Crippen molar-refractivity contribution >= 4 is 0 Å². The minimum absolute atomic E-state index is 0.164. The Labute approximate surface area is 112 Å². The highest BCUT2D eigenvalue weighted by Crippen LogP contribution is 2.56. The molecule has 0 heterocycles. The van der Waals surface area contributed by atoms with E-state index in [-0.39, 0.29) is 11.7 Å². The van der Waals surface area contributed by atoms with Gasteiger partial charge in [0.2, 0.25) is 0 Å². The molecule has 2 aromatic rings. The number of hydrogen-bond acceptors (Lipinski definition) is 1. The van der Waals surface area contributed by atoms with Crippen LogP contribution in [0, 0.1) is 11.7 Å². The van der Waals surface area contributed by atoms with Gasteiger partial charge in [-0.15, -0.1) is 0 Å². The molecular weight excluding hydrogens is 239 g/mol. The topological polar surface area (TPSA) is 20.2 Å². The minimum Gasteiger partial charge on any atom is -0.385 e. The van der Waals surface area contributed by atoms with Crippen molar-refractivity contribution in [1.82, 2.24) is 0 Å². The summed E-state index contributed by atoms with van der Waals surface area (Å²) in [6.07, 6.45) is 0.952. The third-order valence-corrected chi connectivity index (χ3v) is 4.15. The van der Waals surface area contributed by atoms with Crippen molar-refractivity contribution < 1.29 is 9.50 Å². The molecule has 2 aromatic carbocycles. The molecule has 0 bridgehead atoms. The summed E-state index contributed by atoms with van der Waals surface area (Å²) in [5.74, 6) is 0.242. The van der Waals surface area contributed by atoms with Gasteiger partial charge in [0.1, 0.15) is 5.82 Å². The van der Waals surface area contributed by atoms with Crippen LogP contribution in [-0.4, -0.2) is 5.11 Å². The standard InChI is InChI=1S/C17H17FO/c1-17(19,13-8-5-9-14(18)10-13)16-11-15(16)12-6-3-2-4-7-12/h2-10,15-16,19H,11H2,1H3. The Morgan fingerprint density at radius 3 is 2.53 bits per heavy atom. The number of aliphatic hydroxyl groups is 1. The number of halogens is 1. The highest BCUT2D eigenvalue weighted by molar-refractivity contribution is 5.32. The summed E-state index contributed by atoms with van der Waals surface area (Å²) in [5.41, 5.74) is 0.947. The first-order valence-corrected chi connectivity index (χ1v) is 6.62. The predicted molar refractivity (Wildman–Crippen MR) is 73.3 cm³/mol. The van der Waals surface area contributed by atoms with Gasteiger partial charge in [0.05, 0.1) is 5.60 Å². The normalized spacial score (nSPS) is 24.8. The molecular formula is C17H17FO. The Morgan fingerprint density at radius 1 is 1.11 bits per heavy atom. The van der Waals surface area contributed by atoms with Crippen molar-refractivity contribution in [1.29, 1.82) is 0 Å². The average molecular weight is 256 g/mol. The maximum Gasteiger partial charge on any atom is 0.123 e. The Kier molecular flexibility index (Phi) is 2.90. The summed E-state index contributed by atoms with van der Waals surface area (Å²) in [4.78, 5) is 0. The molecule has 19 heavy (non-hydrogen) atoms. The van der Waals surface area contributed by atoms with E-state index in [2.05, 4.69) is 12.1 Å². The lowest BCUT2D eigenvalue weighted by molar-refractivity contribution is 0.0306. The van der Waals surface area contributed by atoms with Crippen LogP contribution in [0.3, 0.4) is 0 Å². The Bertz CT molecular complexity index is 577. The molecule has 3 atom stereocenters. The summed E-state index contributed by atoms with van der Waals surface area (Å²) in [7, 11) is 0. The van der Waals surface area contributed by atoms with Crippen LogP contribution in [0.4, 0.5) is 4.39 Å². The molecule has 1 fully saturated rings. The summed E-state index contributed by atoms with van der Waals surface area (Å²) in [5, 5.41) is 10.7. The van der Waals surface area contributed by atoms with Crippen molar-refractivity contribution in [3.8, 4) is 0 Å². The minimum atomic E-state index is -0.970. The van der Waals surface area contributed by atoms with Gasteiger partial charge in [-0.1, -0.05) is 42.5 Å². The van der Waals surface area contributed by atoms with Crippen LogP contribution in [0.15, 0.2) is 54.6 Å². The van der Waals surface area contributed by atoms with Crippen LogP contribution in [0.2, 0.25) is 0 Å². The monoisotopic (exact) mass is 256 g/mol. The van der Waals surface area contributed by atoms with Gasteiger partial charge in [-0.25, -0.2) is 4.39 Å². The Hall–Kier alpha value is -1.67. The Morgan fingerprint density at radius 2 is 1.84 bits per heavy atom. The smallest absolute Gasteiger partial charge is 0.123 e. The lowest BCUT2D eigenvalue weighted by atomic mass is 9.88. The first-order valence-electron chi connectivity index (χ1n) is 6.62. The quantitative estimate of drug-likeness (QED) is 0.884. The van der Waals surface area contributed by atoms with Crippen molar-refractivity contribution in [2.24, 2.45) is 5.92 Å². The van der Waals surface area contributed by atoms with E-state index in [0.717, 1.165) is 6.42 Å². The third kappa shape index (κ3) is 2.28. The number of rotatable bonds is 3. The molecule has 0 amide bonds. The van der Waals surface area contributed by atoms with Crippen LogP contribution in [-0.2, 0) is 5.60 Å². The van der Waals surface area contributed by atoms with Crippen molar-refractivity contribution in [3.63, 3.8) is 0 Å². The van der Waals surface area contributed by atoms with E-state index in [1.54, 1.807) is 19.1 Å². The maximum absolute atomic E-state index is 13.3. The lowest BCUT2D eigenvalue weighted by Gasteiger charge is -2.24. The second kappa shape index (κ2) is 4.46. The Balaban J connectivity index is 1.84. The second-order valence-corrected chi connectivity index (χ2v) is 5.52. The maximum atomic E-state index is 13.3. The van der Waals surface area contributed by atoms with E-state index in [1.807, 2.05) is 18.2 Å². The van der Waals surface area contributed by atoms with E-state index in [9.17, 15) is 9.50 Å². The summed E-state index contributed by atoms with van der Waals surface area (Å²) >= 11 is 0. The summed E-state index contributed by atoms with van der Waals surface area (Å²) in [6.45, 7) is 1.79. The van der Waals surface area contributed by atoms with Crippen molar-refractivity contribution in [2.75, 3.05) is 0 Å². The summed E-state index contributed by atoms with van der Waals surface area (Å²) < 4.78 is 13.3. The van der Waals surface area contributed by atoms with E-state index in [0.29, 0.717) is 11.5 Å². The van der Waals surface area contributed by atoms with Gasteiger partial charge in [0.15, 0.2) is 0 Å². The molecule has 1 nitrogen and oxygen atoms in total. The molecule has 1 aliphatic carbocycles. The SMILES string of the molecule is CC(O)(c1cccc(F)c1)C1CC1c1ccccc1. The van der Waals surface area contributed by atoms with E-state index in [4.69, 9.17) is 0 Å². The third-order valence-electron chi connectivity index (χ3n) is 4.15.